The number of benzene rings is 2. The number of nitro groups is 1. The molecule has 9 heteroatoms. The van der Waals surface area contributed by atoms with Crippen LogP contribution in [0.2, 0.25) is 5.02 Å². The Hall–Kier alpha value is -3.26. The second-order valence-corrected chi connectivity index (χ2v) is 5.73. The number of aromatic nitrogens is 1. The predicted octanol–water partition coefficient (Wildman–Crippen LogP) is 3.97. The van der Waals surface area contributed by atoms with Crippen molar-refractivity contribution in [1.29, 1.82) is 0 Å². The molecule has 26 heavy (non-hydrogen) atoms. The van der Waals surface area contributed by atoms with Gasteiger partial charge >= 0.3 is 0 Å². The van der Waals surface area contributed by atoms with E-state index in [-0.39, 0.29) is 28.6 Å². The molecule has 1 aromatic heterocycles. The molecule has 1 amide bonds. The van der Waals surface area contributed by atoms with Crippen molar-refractivity contribution in [2.24, 2.45) is 0 Å². The molecule has 0 aliphatic heterocycles. The van der Waals surface area contributed by atoms with E-state index >= 15 is 0 Å². The standard InChI is InChI=1S/C17H11ClFN3O4/c18-11-3-6-15(22(24)25)14(7-11)17(23)20-9-13-8-16(26-21-13)10-1-4-12(19)5-2-10/h1-8H,9H2,(H,20,23). The highest BCUT2D eigenvalue weighted by atomic mass is 35.5. The van der Waals surface area contributed by atoms with Gasteiger partial charge in [-0.2, -0.15) is 0 Å². The first-order chi connectivity index (χ1) is 12.4. The largest absolute Gasteiger partial charge is 0.356 e. The number of carbonyl (C=O) groups is 1. The van der Waals surface area contributed by atoms with Crippen LogP contribution in [0, 0.1) is 15.9 Å². The van der Waals surface area contributed by atoms with E-state index in [1.807, 2.05) is 0 Å². The van der Waals surface area contributed by atoms with Gasteiger partial charge in [-0.15, -0.1) is 0 Å². The summed E-state index contributed by atoms with van der Waals surface area (Å²) in [6.45, 7) is -0.00675. The van der Waals surface area contributed by atoms with E-state index in [4.69, 9.17) is 16.1 Å². The Morgan fingerprint density at radius 1 is 1.23 bits per heavy atom. The van der Waals surface area contributed by atoms with E-state index in [1.54, 1.807) is 6.07 Å². The highest BCUT2D eigenvalue weighted by Crippen LogP contribution is 2.23. The molecule has 2 aromatic carbocycles. The van der Waals surface area contributed by atoms with Crippen LogP contribution in [-0.4, -0.2) is 16.0 Å². The van der Waals surface area contributed by atoms with E-state index in [0.29, 0.717) is 17.0 Å². The van der Waals surface area contributed by atoms with Crippen LogP contribution in [0.5, 0.6) is 0 Å². The molecule has 1 heterocycles. The summed E-state index contributed by atoms with van der Waals surface area (Å²) in [7, 11) is 0. The minimum Gasteiger partial charge on any atom is -0.356 e. The summed E-state index contributed by atoms with van der Waals surface area (Å²) in [5, 5.41) is 17.6. The van der Waals surface area contributed by atoms with Crippen LogP contribution in [0.3, 0.4) is 0 Å². The SMILES string of the molecule is O=C(NCc1cc(-c2ccc(F)cc2)on1)c1cc(Cl)ccc1[N+](=O)[O-]. The van der Waals surface area contributed by atoms with Crippen LogP contribution in [0.4, 0.5) is 10.1 Å². The van der Waals surface area contributed by atoms with Gasteiger partial charge in [0.05, 0.1) is 11.5 Å². The fourth-order valence-corrected chi connectivity index (χ4v) is 2.43. The highest BCUT2D eigenvalue weighted by molar-refractivity contribution is 6.31. The summed E-state index contributed by atoms with van der Waals surface area (Å²) in [4.78, 5) is 22.6. The maximum absolute atomic E-state index is 12.9. The smallest absolute Gasteiger partial charge is 0.282 e. The average molecular weight is 376 g/mol. The number of nitrogens with one attached hydrogen (secondary N) is 1. The lowest BCUT2D eigenvalue weighted by Gasteiger charge is -2.04. The molecule has 3 aromatic rings. The molecule has 132 valence electrons. The third-order valence-electron chi connectivity index (χ3n) is 3.52. The zero-order chi connectivity index (χ0) is 18.7. The van der Waals surface area contributed by atoms with E-state index in [2.05, 4.69) is 10.5 Å². The number of halogens is 2. The van der Waals surface area contributed by atoms with Gasteiger partial charge in [-0.3, -0.25) is 14.9 Å². The minimum atomic E-state index is -0.662. The van der Waals surface area contributed by atoms with Crippen LogP contribution >= 0.6 is 11.6 Å². The van der Waals surface area contributed by atoms with Crippen molar-refractivity contribution in [2.45, 2.75) is 6.54 Å². The third-order valence-corrected chi connectivity index (χ3v) is 3.75. The summed E-state index contributed by atoms with van der Waals surface area (Å²) in [6.07, 6.45) is 0. The van der Waals surface area contributed by atoms with Crippen molar-refractivity contribution in [3.8, 4) is 11.3 Å². The van der Waals surface area contributed by atoms with Crippen molar-refractivity contribution in [3.63, 3.8) is 0 Å². The van der Waals surface area contributed by atoms with Crippen LogP contribution < -0.4 is 5.32 Å². The predicted molar refractivity (Wildman–Crippen MR) is 91.2 cm³/mol. The average Bonchev–Trinajstić information content (AvgIpc) is 3.09. The molecule has 0 spiro atoms. The number of nitrogens with zero attached hydrogens (tertiary/aromatic N) is 2. The first-order valence-corrected chi connectivity index (χ1v) is 7.75. The Bertz CT molecular complexity index is 972. The monoisotopic (exact) mass is 375 g/mol. The molecule has 0 unspecified atom stereocenters. The van der Waals surface area contributed by atoms with E-state index < -0.39 is 10.8 Å². The summed E-state index contributed by atoms with van der Waals surface area (Å²) < 4.78 is 18.1. The number of hydrogen-bond donors (Lipinski definition) is 1. The molecule has 0 aliphatic rings. The second kappa shape index (κ2) is 7.32. The number of hydrogen-bond acceptors (Lipinski definition) is 5. The summed E-state index contributed by atoms with van der Waals surface area (Å²) >= 11 is 5.81. The molecule has 0 atom stereocenters. The summed E-state index contributed by atoms with van der Waals surface area (Å²) in [5.41, 5.74) is 0.535. The number of carbonyl (C=O) groups excluding carboxylic acids is 1. The Morgan fingerprint density at radius 2 is 1.96 bits per heavy atom. The van der Waals surface area contributed by atoms with Gasteiger partial charge in [-0.05, 0) is 36.4 Å². The number of nitro benzene ring substituents is 1. The van der Waals surface area contributed by atoms with Crippen molar-refractivity contribution >= 4 is 23.2 Å². The summed E-state index contributed by atoms with van der Waals surface area (Å²) in [5.74, 6) is -0.627. The number of rotatable bonds is 5. The van der Waals surface area contributed by atoms with E-state index in [9.17, 15) is 19.3 Å². The van der Waals surface area contributed by atoms with Crippen molar-refractivity contribution in [1.82, 2.24) is 10.5 Å². The molecule has 0 aliphatic carbocycles. The topological polar surface area (TPSA) is 98.3 Å². The molecule has 0 saturated heterocycles. The van der Waals surface area contributed by atoms with Gasteiger partial charge < -0.3 is 9.84 Å². The van der Waals surface area contributed by atoms with Gasteiger partial charge in [-0.25, -0.2) is 4.39 Å². The molecule has 7 nitrogen and oxygen atoms in total. The maximum atomic E-state index is 12.9. The van der Waals surface area contributed by atoms with Crippen LogP contribution in [0.25, 0.3) is 11.3 Å². The first kappa shape index (κ1) is 17.6. The fourth-order valence-electron chi connectivity index (χ4n) is 2.26. The van der Waals surface area contributed by atoms with Gasteiger partial charge in [-0.1, -0.05) is 16.8 Å². The molecule has 3 rings (SSSR count). The molecule has 1 N–H and O–H groups in total. The zero-order valence-electron chi connectivity index (χ0n) is 13.1. The van der Waals surface area contributed by atoms with Crippen LogP contribution in [0.15, 0.2) is 53.1 Å². The zero-order valence-corrected chi connectivity index (χ0v) is 13.9. The lowest BCUT2D eigenvalue weighted by molar-refractivity contribution is -0.385. The van der Waals surface area contributed by atoms with Crippen LogP contribution in [0.1, 0.15) is 16.1 Å². The Kier molecular flexibility index (Phi) is 4.94. The molecule has 0 radical (unpaired) electrons. The minimum absolute atomic E-state index is 0.00675. The van der Waals surface area contributed by atoms with Gasteiger partial charge in [0.25, 0.3) is 11.6 Å². The van der Waals surface area contributed by atoms with Crippen molar-refractivity contribution in [2.75, 3.05) is 0 Å². The van der Waals surface area contributed by atoms with E-state index in [1.165, 1.54) is 42.5 Å². The first-order valence-electron chi connectivity index (χ1n) is 7.38. The maximum Gasteiger partial charge on any atom is 0.282 e. The molecule has 0 bridgehead atoms. The van der Waals surface area contributed by atoms with Crippen molar-refractivity contribution in [3.05, 3.63) is 80.7 Å². The highest BCUT2D eigenvalue weighted by Gasteiger charge is 2.20. The molecule has 0 fully saturated rings. The Balaban J connectivity index is 1.72. The van der Waals surface area contributed by atoms with Gasteiger partial charge in [0, 0.05) is 22.7 Å². The van der Waals surface area contributed by atoms with Gasteiger partial charge in [0.2, 0.25) is 0 Å². The number of amides is 1. The lowest BCUT2D eigenvalue weighted by Crippen LogP contribution is -2.23. The van der Waals surface area contributed by atoms with Crippen LogP contribution in [-0.2, 0) is 6.54 Å². The molecule has 0 saturated carbocycles. The van der Waals surface area contributed by atoms with Crippen molar-refractivity contribution < 1.29 is 18.6 Å². The lowest BCUT2D eigenvalue weighted by atomic mass is 10.1. The van der Waals surface area contributed by atoms with Gasteiger partial charge in [0.15, 0.2) is 5.76 Å². The normalized spacial score (nSPS) is 10.5. The molecular formula is C17H11ClFN3O4. The second-order valence-electron chi connectivity index (χ2n) is 5.29. The fraction of sp³-hybridized carbons (Fsp3) is 0.0588. The Labute approximate surface area is 151 Å². The summed E-state index contributed by atoms with van der Waals surface area (Å²) in [6, 6.07) is 11.0. The quantitative estimate of drug-likeness (QED) is 0.537. The Morgan fingerprint density at radius 3 is 2.65 bits per heavy atom. The van der Waals surface area contributed by atoms with Gasteiger partial charge in [0.1, 0.15) is 17.1 Å². The third kappa shape index (κ3) is 3.86. The molecular weight excluding hydrogens is 365 g/mol. The van der Waals surface area contributed by atoms with E-state index in [0.717, 1.165) is 0 Å².